The molecule has 0 aliphatic heterocycles. The summed E-state index contributed by atoms with van der Waals surface area (Å²) in [5.41, 5.74) is 2.46. The number of carbonyl (C=O) groups is 1. The van der Waals surface area contributed by atoms with Crippen molar-refractivity contribution in [3.05, 3.63) is 58.0 Å². The molecule has 116 valence electrons. The number of rotatable bonds is 3. The first kappa shape index (κ1) is 15.5. The van der Waals surface area contributed by atoms with Gasteiger partial charge in [0.25, 0.3) is 0 Å². The molecule has 4 nitrogen and oxygen atoms in total. The number of aliphatic hydroxyl groups excluding tert-OH is 1. The lowest BCUT2D eigenvalue weighted by atomic mass is 9.94. The lowest BCUT2D eigenvalue weighted by molar-refractivity contribution is -0.111. The molecule has 0 fully saturated rings. The Morgan fingerprint density at radius 3 is 2.91 bits per heavy atom. The molecule has 1 aliphatic carbocycles. The molecular weight excluding hydrogens is 308 g/mol. The van der Waals surface area contributed by atoms with E-state index in [-0.39, 0.29) is 12.0 Å². The summed E-state index contributed by atoms with van der Waals surface area (Å²) in [5, 5.41) is 22.5. The molecule has 1 aromatic carbocycles. The molecule has 0 spiro atoms. The molecule has 5 heteroatoms. The first-order valence-electron chi connectivity index (χ1n) is 7.44. The average Bonchev–Trinajstić information content (AvgIpc) is 2.89. The highest BCUT2D eigenvalue weighted by Crippen LogP contribution is 2.37. The van der Waals surface area contributed by atoms with Crippen molar-refractivity contribution in [2.24, 2.45) is 0 Å². The second-order valence-corrected chi connectivity index (χ2v) is 6.55. The Morgan fingerprint density at radius 1 is 1.39 bits per heavy atom. The predicted octanol–water partition coefficient (Wildman–Crippen LogP) is 3.12. The van der Waals surface area contributed by atoms with Crippen LogP contribution in [-0.2, 0) is 17.6 Å². The van der Waals surface area contributed by atoms with E-state index in [1.165, 1.54) is 17.4 Å². The van der Waals surface area contributed by atoms with E-state index in [0.29, 0.717) is 29.8 Å². The SMILES string of the molecule is N#Cc1c(NC(=O)/C=C/c2ccccc2)sc2c1CCC(O)C2. The third-order valence-corrected chi connectivity index (χ3v) is 4.98. The zero-order valence-corrected chi connectivity index (χ0v) is 13.3. The molecule has 3 rings (SSSR count). The minimum atomic E-state index is -0.353. The zero-order valence-electron chi connectivity index (χ0n) is 12.5. The quantitative estimate of drug-likeness (QED) is 0.852. The minimum absolute atomic E-state index is 0.260. The number of nitriles is 1. The number of amides is 1. The Kier molecular flexibility index (Phi) is 4.56. The van der Waals surface area contributed by atoms with Crippen molar-refractivity contribution in [2.45, 2.75) is 25.4 Å². The summed E-state index contributed by atoms with van der Waals surface area (Å²) < 4.78 is 0. The Balaban J connectivity index is 1.77. The number of thiophene rings is 1. The fourth-order valence-corrected chi connectivity index (χ4v) is 3.94. The van der Waals surface area contributed by atoms with Gasteiger partial charge in [0.1, 0.15) is 11.1 Å². The van der Waals surface area contributed by atoms with Crippen molar-refractivity contribution in [1.29, 1.82) is 5.26 Å². The molecular formula is C18H16N2O2S. The molecule has 2 N–H and O–H groups in total. The van der Waals surface area contributed by atoms with Gasteiger partial charge in [0, 0.05) is 17.4 Å². The summed E-state index contributed by atoms with van der Waals surface area (Å²) in [7, 11) is 0. The van der Waals surface area contributed by atoms with Crippen LogP contribution in [0.25, 0.3) is 6.08 Å². The summed E-state index contributed by atoms with van der Waals surface area (Å²) in [5.74, 6) is -0.260. The summed E-state index contributed by atoms with van der Waals surface area (Å²) >= 11 is 1.39. The molecule has 1 heterocycles. The number of aliphatic hydroxyl groups is 1. The molecule has 0 radical (unpaired) electrons. The number of carbonyl (C=O) groups excluding carboxylic acids is 1. The Bertz CT molecular complexity index is 787. The van der Waals surface area contributed by atoms with Crippen LogP contribution < -0.4 is 5.32 Å². The van der Waals surface area contributed by atoms with Crippen molar-refractivity contribution in [3.63, 3.8) is 0 Å². The molecule has 1 atom stereocenters. The van der Waals surface area contributed by atoms with Gasteiger partial charge < -0.3 is 10.4 Å². The fraction of sp³-hybridized carbons (Fsp3) is 0.222. The maximum absolute atomic E-state index is 12.1. The van der Waals surface area contributed by atoms with Crippen LogP contribution in [0, 0.1) is 11.3 Å². The molecule has 0 bridgehead atoms. The van der Waals surface area contributed by atoms with Crippen molar-refractivity contribution in [3.8, 4) is 6.07 Å². The van der Waals surface area contributed by atoms with E-state index < -0.39 is 0 Å². The van der Waals surface area contributed by atoms with E-state index in [4.69, 9.17) is 0 Å². The summed E-state index contributed by atoms with van der Waals surface area (Å²) in [6.45, 7) is 0. The third kappa shape index (κ3) is 3.50. The zero-order chi connectivity index (χ0) is 16.2. The number of nitrogens with zero attached hydrogens (tertiary/aromatic N) is 1. The van der Waals surface area contributed by atoms with Gasteiger partial charge in [-0.1, -0.05) is 30.3 Å². The minimum Gasteiger partial charge on any atom is -0.393 e. The largest absolute Gasteiger partial charge is 0.393 e. The number of hydrogen-bond acceptors (Lipinski definition) is 4. The Morgan fingerprint density at radius 2 is 2.17 bits per heavy atom. The molecule has 0 saturated carbocycles. The smallest absolute Gasteiger partial charge is 0.249 e. The monoisotopic (exact) mass is 324 g/mol. The Hall–Kier alpha value is -2.42. The highest BCUT2D eigenvalue weighted by Gasteiger charge is 2.25. The number of hydrogen-bond donors (Lipinski definition) is 2. The lowest BCUT2D eigenvalue weighted by Crippen LogP contribution is -2.17. The Labute approximate surface area is 138 Å². The second-order valence-electron chi connectivity index (χ2n) is 5.45. The van der Waals surface area contributed by atoms with Gasteiger partial charge in [0.2, 0.25) is 5.91 Å². The number of fused-ring (bicyclic) bond motifs is 1. The highest BCUT2D eigenvalue weighted by molar-refractivity contribution is 7.16. The molecule has 23 heavy (non-hydrogen) atoms. The van der Waals surface area contributed by atoms with E-state index in [1.807, 2.05) is 30.3 Å². The van der Waals surface area contributed by atoms with Crippen LogP contribution in [0.4, 0.5) is 5.00 Å². The second kappa shape index (κ2) is 6.78. The van der Waals surface area contributed by atoms with Gasteiger partial charge in [0.15, 0.2) is 0 Å². The van der Waals surface area contributed by atoms with Crippen molar-refractivity contribution in [2.75, 3.05) is 5.32 Å². The van der Waals surface area contributed by atoms with Crippen LogP contribution in [0.2, 0.25) is 0 Å². The molecule has 1 aliphatic rings. The van der Waals surface area contributed by atoms with Crippen LogP contribution >= 0.6 is 11.3 Å². The van der Waals surface area contributed by atoms with Gasteiger partial charge in [0.05, 0.1) is 11.7 Å². The summed E-state index contributed by atoms with van der Waals surface area (Å²) in [6.07, 6.45) is 4.76. The van der Waals surface area contributed by atoms with Crippen LogP contribution in [0.3, 0.4) is 0 Å². The van der Waals surface area contributed by atoms with Gasteiger partial charge in [-0.3, -0.25) is 4.79 Å². The molecule has 1 aromatic heterocycles. The van der Waals surface area contributed by atoms with E-state index in [2.05, 4.69) is 11.4 Å². The number of benzene rings is 1. The van der Waals surface area contributed by atoms with Gasteiger partial charge in [-0.05, 0) is 30.0 Å². The van der Waals surface area contributed by atoms with Crippen molar-refractivity contribution >= 4 is 28.3 Å². The number of nitrogens with one attached hydrogen (secondary N) is 1. The van der Waals surface area contributed by atoms with Gasteiger partial charge in [-0.2, -0.15) is 5.26 Å². The maximum Gasteiger partial charge on any atom is 0.249 e. The van der Waals surface area contributed by atoms with Crippen molar-refractivity contribution < 1.29 is 9.90 Å². The fourth-order valence-electron chi connectivity index (χ4n) is 2.66. The molecule has 1 amide bonds. The normalized spacial score (nSPS) is 16.8. The summed E-state index contributed by atoms with van der Waals surface area (Å²) in [4.78, 5) is 13.1. The van der Waals surface area contributed by atoms with Crippen molar-refractivity contribution in [1.82, 2.24) is 0 Å². The summed E-state index contributed by atoms with van der Waals surface area (Å²) in [6, 6.07) is 11.7. The van der Waals surface area contributed by atoms with E-state index >= 15 is 0 Å². The van der Waals surface area contributed by atoms with E-state index in [9.17, 15) is 15.2 Å². The van der Waals surface area contributed by atoms with Crippen LogP contribution in [0.5, 0.6) is 0 Å². The predicted molar refractivity (Wildman–Crippen MR) is 91.2 cm³/mol. The van der Waals surface area contributed by atoms with E-state index in [0.717, 1.165) is 16.0 Å². The van der Waals surface area contributed by atoms with E-state index in [1.54, 1.807) is 6.08 Å². The average molecular weight is 324 g/mol. The molecule has 0 saturated heterocycles. The molecule has 1 unspecified atom stereocenters. The first-order chi connectivity index (χ1) is 11.2. The van der Waals surface area contributed by atoms with Gasteiger partial charge in [-0.15, -0.1) is 11.3 Å². The number of anilines is 1. The van der Waals surface area contributed by atoms with Crippen LogP contribution in [0.15, 0.2) is 36.4 Å². The van der Waals surface area contributed by atoms with Gasteiger partial charge >= 0.3 is 0 Å². The standard InChI is InChI=1S/C18H16N2O2S/c19-11-15-14-8-7-13(21)10-16(14)23-18(15)20-17(22)9-6-12-4-2-1-3-5-12/h1-6,9,13,21H,7-8,10H2,(H,20,22)/b9-6+. The third-order valence-electron chi connectivity index (χ3n) is 3.81. The van der Waals surface area contributed by atoms with Gasteiger partial charge in [-0.25, -0.2) is 0 Å². The first-order valence-corrected chi connectivity index (χ1v) is 8.26. The lowest BCUT2D eigenvalue weighted by Gasteiger charge is -2.16. The maximum atomic E-state index is 12.1. The van der Waals surface area contributed by atoms with Crippen LogP contribution in [0.1, 0.15) is 28.0 Å². The van der Waals surface area contributed by atoms with Crippen LogP contribution in [-0.4, -0.2) is 17.1 Å². The molecule has 2 aromatic rings. The topological polar surface area (TPSA) is 73.1 Å². The highest BCUT2D eigenvalue weighted by atomic mass is 32.1.